The molecule has 1 aromatic heterocycles. The first kappa shape index (κ1) is 13.9. The fourth-order valence-electron chi connectivity index (χ4n) is 3.08. The number of fused-ring (bicyclic) bond motifs is 1. The van der Waals surface area contributed by atoms with E-state index in [9.17, 15) is 0 Å². The van der Waals surface area contributed by atoms with Crippen LogP contribution in [-0.2, 0) is 6.42 Å². The van der Waals surface area contributed by atoms with Crippen LogP contribution >= 0.6 is 15.9 Å². The van der Waals surface area contributed by atoms with Crippen LogP contribution in [0.15, 0.2) is 45.5 Å². The van der Waals surface area contributed by atoms with E-state index in [1.807, 2.05) is 6.26 Å². The molecule has 2 nitrogen and oxygen atoms in total. The fraction of sp³-hybridized carbons (Fsp3) is 0.412. The largest absolute Gasteiger partial charge is 0.469 e. The Morgan fingerprint density at radius 2 is 2.30 bits per heavy atom. The number of halogens is 1. The molecule has 1 N–H and O–H groups in total. The molecular formula is C17H20BrNO. The first-order valence-electron chi connectivity index (χ1n) is 7.35. The molecule has 0 radical (unpaired) electrons. The number of hydrogen-bond donors (Lipinski definition) is 1. The van der Waals surface area contributed by atoms with Crippen LogP contribution in [0.25, 0.3) is 0 Å². The lowest BCUT2D eigenvalue weighted by atomic mass is 9.91. The highest BCUT2D eigenvalue weighted by Gasteiger charge is 2.24. The third-order valence-corrected chi connectivity index (χ3v) is 4.61. The highest BCUT2D eigenvalue weighted by atomic mass is 79.9. The van der Waals surface area contributed by atoms with Crippen molar-refractivity contribution in [2.24, 2.45) is 0 Å². The Labute approximate surface area is 128 Å². The zero-order chi connectivity index (χ0) is 13.9. The van der Waals surface area contributed by atoms with Gasteiger partial charge in [0.1, 0.15) is 5.76 Å². The molecule has 0 saturated carbocycles. The van der Waals surface area contributed by atoms with Crippen molar-refractivity contribution in [2.45, 2.75) is 44.7 Å². The Morgan fingerprint density at radius 1 is 1.40 bits per heavy atom. The minimum atomic E-state index is 0.387. The van der Waals surface area contributed by atoms with Gasteiger partial charge >= 0.3 is 0 Å². The summed E-state index contributed by atoms with van der Waals surface area (Å²) in [6, 6.07) is 11.5. The van der Waals surface area contributed by atoms with Gasteiger partial charge in [0.2, 0.25) is 0 Å². The molecule has 3 heteroatoms. The van der Waals surface area contributed by atoms with Gasteiger partial charge in [-0.2, -0.15) is 0 Å². The normalized spacial score (nSPS) is 19.6. The maximum atomic E-state index is 5.58. The minimum absolute atomic E-state index is 0.387. The van der Waals surface area contributed by atoms with Crippen molar-refractivity contribution in [1.29, 1.82) is 0 Å². The summed E-state index contributed by atoms with van der Waals surface area (Å²) in [7, 11) is 0. The van der Waals surface area contributed by atoms with E-state index in [0.29, 0.717) is 12.1 Å². The Balaban J connectivity index is 1.80. The van der Waals surface area contributed by atoms with Crippen LogP contribution in [-0.4, -0.2) is 0 Å². The lowest BCUT2D eigenvalue weighted by Gasteiger charge is -2.28. The monoisotopic (exact) mass is 333 g/mol. The zero-order valence-corrected chi connectivity index (χ0v) is 13.3. The molecule has 0 spiro atoms. The maximum absolute atomic E-state index is 5.58. The number of hydrogen-bond acceptors (Lipinski definition) is 2. The van der Waals surface area contributed by atoms with E-state index in [2.05, 4.69) is 58.5 Å². The van der Waals surface area contributed by atoms with Gasteiger partial charge in [0.15, 0.2) is 0 Å². The highest BCUT2D eigenvalue weighted by Crippen LogP contribution is 2.33. The van der Waals surface area contributed by atoms with E-state index in [0.717, 1.165) is 23.1 Å². The number of aryl methyl sites for hydroxylation is 1. The second kappa shape index (κ2) is 6.15. The van der Waals surface area contributed by atoms with Crippen LogP contribution in [0.1, 0.15) is 55.2 Å². The molecule has 2 atom stereocenters. The van der Waals surface area contributed by atoms with E-state index in [1.54, 1.807) is 0 Å². The summed E-state index contributed by atoms with van der Waals surface area (Å²) in [6.45, 7) is 2.23. The average molecular weight is 334 g/mol. The Morgan fingerprint density at radius 3 is 3.10 bits per heavy atom. The molecule has 1 heterocycles. The van der Waals surface area contributed by atoms with E-state index in [-0.39, 0.29) is 0 Å². The maximum Gasteiger partial charge on any atom is 0.108 e. The van der Waals surface area contributed by atoms with Crippen molar-refractivity contribution in [3.63, 3.8) is 0 Å². The summed E-state index contributed by atoms with van der Waals surface area (Å²) in [5.41, 5.74) is 2.70. The van der Waals surface area contributed by atoms with Gasteiger partial charge in [-0.15, -0.1) is 0 Å². The van der Waals surface area contributed by atoms with Crippen molar-refractivity contribution in [2.75, 3.05) is 0 Å². The summed E-state index contributed by atoms with van der Waals surface area (Å²) in [5.74, 6) is 1.16. The Hall–Kier alpha value is -1.06. The van der Waals surface area contributed by atoms with Gasteiger partial charge in [-0.1, -0.05) is 35.0 Å². The molecular weight excluding hydrogens is 314 g/mol. The summed E-state index contributed by atoms with van der Waals surface area (Å²) >= 11 is 3.56. The van der Waals surface area contributed by atoms with E-state index in [1.165, 1.54) is 24.0 Å². The SMILES string of the molecule is CCC(NC1CCCc2occc21)c1cccc(Br)c1. The molecule has 2 unspecified atom stereocenters. The first-order valence-corrected chi connectivity index (χ1v) is 8.15. The molecule has 0 aliphatic heterocycles. The summed E-state index contributed by atoms with van der Waals surface area (Å²) in [6.07, 6.45) is 6.38. The molecule has 0 fully saturated rings. The second-order valence-corrected chi connectivity index (χ2v) is 6.34. The number of benzene rings is 1. The predicted molar refractivity (Wildman–Crippen MR) is 84.7 cm³/mol. The number of rotatable bonds is 4. The average Bonchev–Trinajstić information content (AvgIpc) is 2.94. The van der Waals surface area contributed by atoms with Crippen molar-refractivity contribution >= 4 is 15.9 Å². The van der Waals surface area contributed by atoms with Crippen LogP contribution in [0.5, 0.6) is 0 Å². The van der Waals surface area contributed by atoms with E-state index >= 15 is 0 Å². The molecule has 2 aromatic rings. The van der Waals surface area contributed by atoms with Crippen molar-refractivity contribution < 1.29 is 4.42 Å². The minimum Gasteiger partial charge on any atom is -0.469 e. The van der Waals surface area contributed by atoms with Gasteiger partial charge in [-0.3, -0.25) is 0 Å². The van der Waals surface area contributed by atoms with Gasteiger partial charge < -0.3 is 9.73 Å². The van der Waals surface area contributed by atoms with Crippen LogP contribution in [0.2, 0.25) is 0 Å². The number of nitrogens with one attached hydrogen (secondary N) is 1. The molecule has 3 rings (SSSR count). The topological polar surface area (TPSA) is 25.2 Å². The lowest BCUT2D eigenvalue weighted by Crippen LogP contribution is -2.28. The zero-order valence-electron chi connectivity index (χ0n) is 11.7. The fourth-order valence-corrected chi connectivity index (χ4v) is 3.49. The van der Waals surface area contributed by atoms with Gasteiger partial charge in [0, 0.05) is 28.5 Å². The summed E-state index contributed by atoms with van der Waals surface area (Å²) in [4.78, 5) is 0. The Bertz CT molecular complexity index is 578. The van der Waals surface area contributed by atoms with Crippen LogP contribution in [0, 0.1) is 0 Å². The smallest absolute Gasteiger partial charge is 0.108 e. The van der Waals surface area contributed by atoms with Gasteiger partial charge in [0.05, 0.1) is 6.26 Å². The van der Waals surface area contributed by atoms with Crippen molar-refractivity contribution in [1.82, 2.24) is 5.32 Å². The lowest BCUT2D eigenvalue weighted by molar-refractivity contribution is 0.371. The summed E-state index contributed by atoms with van der Waals surface area (Å²) < 4.78 is 6.72. The molecule has 106 valence electrons. The molecule has 20 heavy (non-hydrogen) atoms. The van der Waals surface area contributed by atoms with Crippen LogP contribution in [0.3, 0.4) is 0 Å². The summed E-state index contributed by atoms with van der Waals surface area (Å²) in [5, 5.41) is 3.81. The van der Waals surface area contributed by atoms with E-state index < -0.39 is 0 Å². The van der Waals surface area contributed by atoms with Gasteiger partial charge in [-0.25, -0.2) is 0 Å². The van der Waals surface area contributed by atoms with E-state index in [4.69, 9.17) is 4.42 Å². The quantitative estimate of drug-likeness (QED) is 0.835. The second-order valence-electron chi connectivity index (χ2n) is 5.43. The van der Waals surface area contributed by atoms with Crippen molar-refractivity contribution in [3.05, 3.63) is 58.0 Å². The molecule has 1 aliphatic carbocycles. The first-order chi connectivity index (χ1) is 9.78. The molecule has 0 amide bonds. The molecule has 0 saturated heterocycles. The molecule has 0 bridgehead atoms. The standard InChI is InChI=1S/C17H20BrNO/c1-2-15(12-5-3-6-13(18)11-12)19-16-7-4-8-17-14(16)9-10-20-17/h3,5-6,9-11,15-16,19H,2,4,7-8H2,1H3. The van der Waals surface area contributed by atoms with Crippen LogP contribution in [0.4, 0.5) is 0 Å². The highest BCUT2D eigenvalue weighted by molar-refractivity contribution is 9.10. The number of furan rings is 1. The third kappa shape index (κ3) is 2.84. The van der Waals surface area contributed by atoms with Crippen LogP contribution < -0.4 is 5.32 Å². The predicted octanol–water partition coefficient (Wildman–Crippen LogP) is 5.16. The molecule has 1 aromatic carbocycles. The Kier molecular flexibility index (Phi) is 4.27. The van der Waals surface area contributed by atoms with Gasteiger partial charge in [-0.05, 0) is 43.0 Å². The third-order valence-electron chi connectivity index (χ3n) is 4.11. The molecule has 1 aliphatic rings. The van der Waals surface area contributed by atoms with Gasteiger partial charge in [0.25, 0.3) is 0 Å². The van der Waals surface area contributed by atoms with Crippen molar-refractivity contribution in [3.8, 4) is 0 Å².